The molecule has 0 aliphatic carbocycles. The van der Waals surface area contributed by atoms with Gasteiger partial charge in [0.25, 0.3) is 0 Å². The summed E-state index contributed by atoms with van der Waals surface area (Å²) in [6.45, 7) is 2.25. The maximum absolute atomic E-state index is 12.6. The van der Waals surface area contributed by atoms with E-state index in [0.29, 0.717) is 12.8 Å². The van der Waals surface area contributed by atoms with Gasteiger partial charge in [-0.2, -0.15) is 0 Å². The van der Waals surface area contributed by atoms with Crippen LogP contribution in [0.3, 0.4) is 0 Å². The Morgan fingerprint density at radius 1 is 0.585 bits per heavy atom. The van der Waals surface area contributed by atoms with Gasteiger partial charge >= 0.3 is 19.8 Å². The molecule has 10 nitrogen and oxygen atoms in total. The van der Waals surface area contributed by atoms with E-state index in [1.54, 1.807) is 0 Å². The van der Waals surface area contributed by atoms with Crippen molar-refractivity contribution in [2.24, 2.45) is 0 Å². The molecule has 0 bridgehead atoms. The Hall–Kier alpha value is -1.81. The van der Waals surface area contributed by atoms with Crippen LogP contribution in [0.4, 0.5) is 0 Å². The molecule has 0 fully saturated rings. The van der Waals surface area contributed by atoms with Crippen molar-refractivity contribution in [3.63, 3.8) is 0 Å². The number of hydrogen-bond donors (Lipinski definition) is 3. The Labute approximate surface area is 322 Å². The number of ether oxygens (including phenoxy) is 2. The van der Waals surface area contributed by atoms with E-state index in [-0.39, 0.29) is 19.4 Å². The zero-order valence-electron chi connectivity index (χ0n) is 33.5. The maximum atomic E-state index is 12.6. The van der Waals surface area contributed by atoms with Crippen molar-refractivity contribution >= 4 is 19.8 Å². The smallest absolute Gasteiger partial charge is 0.462 e. The highest BCUT2D eigenvalue weighted by Gasteiger charge is 2.27. The number of carbonyl (C=O) groups is 2. The molecule has 3 unspecified atom stereocenters. The number of allylic oxidation sites excluding steroid dienone is 6. The molecule has 53 heavy (non-hydrogen) atoms. The predicted octanol–water partition coefficient (Wildman–Crippen LogP) is 10.8. The Morgan fingerprint density at radius 2 is 1.04 bits per heavy atom. The Morgan fingerprint density at radius 3 is 1.57 bits per heavy atom. The molecular weight excluding hydrogens is 695 g/mol. The van der Waals surface area contributed by atoms with Crippen LogP contribution in [0.5, 0.6) is 0 Å². The average molecular weight is 773 g/mol. The van der Waals surface area contributed by atoms with Gasteiger partial charge in [0.2, 0.25) is 0 Å². The fourth-order valence-electron chi connectivity index (χ4n) is 5.60. The second-order valence-electron chi connectivity index (χ2n) is 14.0. The van der Waals surface area contributed by atoms with E-state index in [4.69, 9.17) is 19.1 Å². The van der Waals surface area contributed by atoms with Gasteiger partial charge in [0.05, 0.1) is 19.8 Å². The number of aliphatic hydroxyl groups is 2. The number of carbonyl (C=O) groups excluding carboxylic acids is 2. The van der Waals surface area contributed by atoms with Gasteiger partial charge in [-0.3, -0.25) is 18.6 Å². The summed E-state index contributed by atoms with van der Waals surface area (Å²) in [5.41, 5.74) is 0. The van der Waals surface area contributed by atoms with Crippen LogP contribution in [-0.2, 0) is 32.7 Å². The second kappa shape index (κ2) is 38.5. The molecule has 0 spiro atoms. The van der Waals surface area contributed by atoms with Crippen LogP contribution in [0.25, 0.3) is 0 Å². The largest absolute Gasteiger partial charge is 0.472 e. The zero-order chi connectivity index (χ0) is 39.1. The molecule has 0 saturated heterocycles. The third kappa shape index (κ3) is 38.3. The normalized spacial score (nSPS) is 14.3. The summed E-state index contributed by atoms with van der Waals surface area (Å²) in [5.74, 6) is -0.941. The van der Waals surface area contributed by atoms with Crippen LogP contribution >= 0.6 is 7.82 Å². The van der Waals surface area contributed by atoms with Crippen molar-refractivity contribution in [3.8, 4) is 0 Å². The number of rotatable bonds is 39. The van der Waals surface area contributed by atoms with Crippen molar-refractivity contribution in [2.75, 3.05) is 26.4 Å². The highest BCUT2D eigenvalue weighted by atomic mass is 31.2. The number of esters is 2. The number of aliphatic hydroxyl groups excluding tert-OH is 2. The molecule has 11 heteroatoms. The van der Waals surface area contributed by atoms with E-state index >= 15 is 0 Å². The molecule has 0 amide bonds. The van der Waals surface area contributed by atoms with Crippen molar-refractivity contribution in [2.45, 2.75) is 193 Å². The van der Waals surface area contributed by atoms with E-state index in [1.165, 1.54) is 70.6 Å². The molecule has 310 valence electrons. The standard InChI is InChI=1S/C42H77O10P/c1-3-5-7-9-11-13-15-17-19-21-23-25-27-29-31-33-41(45)49-37-40(38-51-53(47,48)50-36-39(44)35-43)52-42(46)34-32-30-28-26-24-22-20-18-16-14-12-10-8-6-4-2/h6,8,12,14,18,20,39-40,43-44H,3-5,7,9-11,13,15-17,19,21-38H2,1-2H3,(H,47,48). The first-order chi connectivity index (χ1) is 25.7. The van der Waals surface area contributed by atoms with E-state index < -0.39 is 51.8 Å². The van der Waals surface area contributed by atoms with E-state index in [0.717, 1.165) is 70.6 Å². The van der Waals surface area contributed by atoms with Gasteiger partial charge in [-0.05, 0) is 44.9 Å². The van der Waals surface area contributed by atoms with Crippen molar-refractivity contribution in [1.29, 1.82) is 0 Å². The Balaban J connectivity index is 4.33. The summed E-state index contributed by atoms with van der Waals surface area (Å²) >= 11 is 0. The SMILES string of the molecule is CCC=CCC=CCC=CCCCCCCCC(=O)OC(COC(=O)CCCCCCCCCCCCCCCCC)COP(=O)(O)OCC(O)CO. The van der Waals surface area contributed by atoms with Crippen LogP contribution in [0.15, 0.2) is 36.5 Å². The van der Waals surface area contributed by atoms with Crippen LogP contribution in [0.1, 0.15) is 181 Å². The lowest BCUT2D eigenvalue weighted by molar-refractivity contribution is -0.161. The second-order valence-corrected chi connectivity index (χ2v) is 15.4. The average Bonchev–Trinajstić information content (AvgIpc) is 3.14. The number of phosphoric acid groups is 1. The molecular formula is C42H77O10P. The summed E-state index contributed by atoms with van der Waals surface area (Å²) in [7, 11) is -4.62. The Bertz CT molecular complexity index is 983. The van der Waals surface area contributed by atoms with Gasteiger partial charge < -0.3 is 24.6 Å². The van der Waals surface area contributed by atoms with Crippen LogP contribution < -0.4 is 0 Å². The predicted molar refractivity (Wildman–Crippen MR) is 214 cm³/mol. The first-order valence-electron chi connectivity index (χ1n) is 20.9. The Kier molecular flexibility index (Phi) is 37.2. The number of hydrogen-bond acceptors (Lipinski definition) is 9. The fraction of sp³-hybridized carbons (Fsp3) is 0.810. The van der Waals surface area contributed by atoms with Crippen molar-refractivity contribution < 1.29 is 47.8 Å². The van der Waals surface area contributed by atoms with E-state index in [1.807, 2.05) is 0 Å². The van der Waals surface area contributed by atoms with Gasteiger partial charge in [0, 0.05) is 12.8 Å². The quantitative estimate of drug-likeness (QED) is 0.0238. The zero-order valence-corrected chi connectivity index (χ0v) is 34.4. The minimum atomic E-state index is -4.62. The third-order valence-corrected chi connectivity index (χ3v) is 9.76. The molecule has 0 aromatic rings. The molecule has 0 aliphatic rings. The number of phosphoric ester groups is 1. The molecule has 3 atom stereocenters. The van der Waals surface area contributed by atoms with Crippen LogP contribution in [0, 0.1) is 0 Å². The molecule has 0 aromatic heterocycles. The highest BCUT2D eigenvalue weighted by molar-refractivity contribution is 7.47. The maximum Gasteiger partial charge on any atom is 0.472 e. The molecule has 3 N–H and O–H groups in total. The highest BCUT2D eigenvalue weighted by Crippen LogP contribution is 2.43. The van der Waals surface area contributed by atoms with Crippen LogP contribution in [-0.4, -0.2) is 65.7 Å². The molecule has 0 radical (unpaired) electrons. The molecule has 0 saturated carbocycles. The van der Waals surface area contributed by atoms with E-state index in [9.17, 15) is 24.2 Å². The lowest BCUT2D eigenvalue weighted by atomic mass is 10.0. The minimum absolute atomic E-state index is 0.166. The minimum Gasteiger partial charge on any atom is -0.462 e. The lowest BCUT2D eigenvalue weighted by Crippen LogP contribution is -2.29. The lowest BCUT2D eigenvalue weighted by Gasteiger charge is -2.20. The van der Waals surface area contributed by atoms with Gasteiger partial charge in [-0.25, -0.2) is 4.57 Å². The van der Waals surface area contributed by atoms with Gasteiger partial charge in [-0.15, -0.1) is 0 Å². The van der Waals surface area contributed by atoms with E-state index in [2.05, 4.69) is 54.8 Å². The number of unbranched alkanes of at least 4 members (excludes halogenated alkanes) is 19. The van der Waals surface area contributed by atoms with Gasteiger partial charge in [-0.1, -0.05) is 159 Å². The third-order valence-electron chi connectivity index (χ3n) is 8.81. The summed E-state index contributed by atoms with van der Waals surface area (Å²) in [6.07, 6.45) is 38.2. The monoisotopic (exact) mass is 773 g/mol. The first kappa shape index (κ1) is 51.2. The fourth-order valence-corrected chi connectivity index (χ4v) is 6.39. The molecule has 0 aromatic carbocycles. The van der Waals surface area contributed by atoms with Crippen molar-refractivity contribution in [1.82, 2.24) is 0 Å². The van der Waals surface area contributed by atoms with Gasteiger partial charge in [0.1, 0.15) is 12.7 Å². The van der Waals surface area contributed by atoms with Crippen molar-refractivity contribution in [3.05, 3.63) is 36.5 Å². The van der Waals surface area contributed by atoms with Gasteiger partial charge in [0.15, 0.2) is 6.10 Å². The summed E-state index contributed by atoms with van der Waals surface area (Å²) in [5, 5.41) is 18.3. The molecule has 0 aliphatic heterocycles. The molecule has 0 heterocycles. The summed E-state index contributed by atoms with van der Waals surface area (Å²) < 4.78 is 32.7. The molecule has 0 rings (SSSR count). The van der Waals surface area contributed by atoms with Crippen LogP contribution in [0.2, 0.25) is 0 Å². The summed E-state index contributed by atoms with van der Waals surface area (Å²) in [6, 6.07) is 0. The first-order valence-corrected chi connectivity index (χ1v) is 22.4. The summed E-state index contributed by atoms with van der Waals surface area (Å²) in [4.78, 5) is 34.9. The topological polar surface area (TPSA) is 149 Å².